The van der Waals surface area contributed by atoms with Gasteiger partial charge in [0.25, 0.3) is 0 Å². The molecule has 0 radical (unpaired) electrons. The van der Waals surface area contributed by atoms with Gasteiger partial charge in [0, 0.05) is 23.2 Å². The maximum Gasteiger partial charge on any atom is 0.210 e. The van der Waals surface area contributed by atoms with Gasteiger partial charge in [-0.25, -0.2) is 4.98 Å². The zero-order valence-electron chi connectivity index (χ0n) is 6.04. The third-order valence-corrected chi connectivity index (χ3v) is 1.69. The number of nitrogen functional groups attached to an aromatic ring is 1. The standard InChI is InChI=1S/C9H8N2/c10-8-3-4-9-7(6-8)2-1-5-11-9/h1-6H,10H2/p+1. The number of anilines is 1. The number of fused-ring (bicyclic) bond motifs is 1. The molecule has 0 aliphatic heterocycles. The highest BCUT2D eigenvalue weighted by atomic mass is 14.6. The summed E-state index contributed by atoms with van der Waals surface area (Å²) in [5.74, 6) is 0. The fraction of sp³-hybridized carbons (Fsp3) is 0. The third-order valence-electron chi connectivity index (χ3n) is 1.69. The molecule has 1 aromatic heterocycles. The fourth-order valence-electron chi connectivity index (χ4n) is 1.14. The Labute approximate surface area is 64.7 Å². The molecule has 0 amide bonds. The number of H-pyrrole nitrogens is 1. The van der Waals surface area contributed by atoms with E-state index in [1.165, 1.54) is 0 Å². The van der Waals surface area contributed by atoms with Gasteiger partial charge in [0.05, 0.1) is 0 Å². The van der Waals surface area contributed by atoms with Crippen LogP contribution < -0.4 is 10.7 Å². The van der Waals surface area contributed by atoms with Crippen molar-refractivity contribution in [2.24, 2.45) is 0 Å². The van der Waals surface area contributed by atoms with E-state index in [1.807, 2.05) is 36.5 Å². The Kier molecular flexibility index (Phi) is 1.25. The SMILES string of the molecule is Nc1ccc2[nH+]cccc2c1. The Morgan fingerprint density at radius 1 is 1.18 bits per heavy atom. The zero-order chi connectivity index (χ0) is 7.68. The molecule has 3 N–H and O–H groups in total. The first kappa shape index (κ1) is 6.16. The van der Waals surface area contributed by atoms with Crippen LogP contribution in [0.4, 0.5) is 5.69 Å². The van der Waals surface area contributed by atoms with Gasteiger partial charge in [-0.3, -0.25) is 0 Å². The van der Waals surface area contributed by atoms with Crippen molar-refractivity contribution in [3.8, 4) is 0 Å². The van der Waals surface area contributed by atoms with Gasteiger partial charge < -0.3 is 5.73 Å². The van der Waals surface area contributed by atoms with Gasteiger partial charge in [0.1, 0.15) is 0 Å². The Morgan fingerprint density at radius 2 is 2.09 bits per heavy atom. The smallest absolute Gasteiger partial charge is 0.210 e. The molecule has 2 rings (SSSR count). The van der Waals surface area contributed by atoms with Gasteiger partial charge in [-0.2, -0.15) is 0 Å². The summed E-state index contributed by atoms with van der Waals surface area (Å²) in [6.07, 6.45) is 1.90. The Morgan fingerprint density at radius 3 is 3.00 bits per heavy atom. The average molecular weight is 145 g/mol. The van der Waals surface area contributed by atoms with Gasteiger partial charge in [0.15, 0.2) is 6.20 Å². The largest absolute Gasteiger partial charge is 0.399 e. The van der Waals surface area contributed by atoms with Gasteiger partial charge in [-0.15, -0.1) is 0 Å². The molecular weight excluding hydrogens is 136 g/mol. The fourth-order valence-corrected chi connectivity index (χ4v) is 1.14. The number of aromatic amines is 1. The molecule has 0 spiro atoms. The average Bonchev–Trinajstić information content (AvgIpc) is 2.04. The Balaban J connectivity index is 2.83. The lowest BCUT2D eigenvalue weighted by Crippen LogP contribution is -2.00. The lowest BCUT2D eigenvalue weighted by Gasteiger charge is -1.91. The van der Waals surface area contributed by atoms with Crippen molar-refractivity contribution in [3.05, 3.63) is 36.5 Å². The van der Waals surface area contributed by atoms with Gasteiger partial charge in [0.2, 0.25) is 5.52 Å². The van der Waals surface area contributed by atoms with Crippen molar-refractivity contribution in [2.45, 2.75) is 0 Å². The highest BCUT2D eigenvalue weighted by molar-refractivity contribution is 5.78. The van der Waals surface area contributed by atoms with Crippen LogP contribution in [-0.4, -0.2) is 0 Å². The summed E-state index contributed by atoms with van der Waals surface area (Å²) < 4.78 is 0. The third kappa shape index (κ3) is 1.03. The summed E-state index contributed by atoms with van der Waals surface area (Å²) in [4.78, 5) is 3.12. The van der Waals surface area contributed by atoms with Crippen LogP contribution >= 0.6 is 0 Å². The number of benzene rings is 1. The van der Waals surface area contributed by atoms with E-state index in [0.717, 1.165) is 16.6 Å². The molecule has 0 unspecified atom stereocenters. The molecule has 1 aromatic carbocycles. The molecule has 0 aliphatic rings. The van der Waals surface area contributed by atoms with E-state index in [4.69, 9.17) is 5.73 Å². The summed E-state index contributed by atoms with van der Waals surface area (Å²) in [6, 6.07) is 9.80. The number of rotatable bonds is 0. The Hall–Kier alpha value is -1.57. The molecule has 2 aromatic rings. The van der Waals surface area contributed by atoms with E-state index < -0.39 is 0 Å². The van der Waals surface area contributed by atoms with E-state index in [9.17, 15) is 0 Å². The first-order chi connectivity index (χ1) is 5.36. The summed E-state index contributed by atoms with van der Waals surface area (Å²) in [5, 5.41) is 1.15. The van der Waals surface area contributed by atoms with Crippen LogP contribution in [0, 0.1) is 0 Å². The van der Waals surface area contributed by atoms with Crippen LogP contribution in [0.5, 0.6) is 0 Å². The molecule has 0 atom stereocenters. The quantitative estimate of drug-likeness (QED) is 0.556. The first-order valence-corrected chi connectivity index (χ1v) is 3.52. The maximum absolute atomic E-state index is 5.61. The Bertz CT molecular complexity index is 382. The van der Waals surface area contributed by atoms with E-state index in [-0.39, 0.29) is 0 Å². The topological polar surface area (TPSA) is 40.2 Å². The molecule has 1 heterocycles. The van der Waals surface area contributed by atoms with Crippen molar-refractivity contribution < 1.29 is 4.98 Å². The van der Waals surface area contributed by atoms with Crippen LogP contribution in [0.25, 0.3) is 10.9 Å². The van der Waals surface area contributed by atoms with Crippen LogP contribution in [0.15, 0.2) is 36.5 Å². The molecule has 11 heavy (non-hydrogen) atoms. The molecule has 0 bridgehead atoms. The molecule has 0 fully saturated rings. The second-order valence-electron chi connectivity index (χ2n) is 2.52. The van der Waals surface area contributed by atoms with Crippen LogP contribution in [0.3, 0.4) is 0 Å². The minimum absolute atomic E-state index is 0.803. The molecule has 2 nitrogen and oxygen atoms in total. The number of nitrogens with two attached hydrogens (primary N) is 1. The first-order valence-electron chi connectivity index (χ1n) is 3.52. The molecule has 2 heteroatoms. The predicted molar refractivity (Wildman–Crippen MR) is 44.9 cm³/mol. The van der Waals surface area contributed by atoms with E-state index >= 15 is 0 Å². The molecular formula is C9H9N2+. The predicted octanol–water partition coefficient (Wildman–Crippen LogP) is 1.24. The van der Waals surface area contributed by atoms with Crippen molar-refractivity contribution in [1.82, 2.24) is 0 Å². The minimum Gasteiger partial charge on any atom is -0.399 e. The van der Waals surface area contributed by atoms with Gasteiger partial charge in [-0.05, 0) is 18.2 Å². The lowest BCUT2D eigenvalue weighted by atomic mass is 10.2. The van der Waals surface area contributed by atoms with Gasteiger partial charge in [-0.1, -0.05) is 0 Å². The maximum atomic E-state index is 5.61. The molecule has 0 saturated heterocycles. The number of pyridine rings is 1. The summed E-state index contributed by atoms with van der Waals surface area (Å²) >= 11 is 0. The highest BCUT2D eigenvalue weighted by Crippen LogP contribution is 2.11. The number of nitrogens with one attached hydrogen (secondary N) is 1. The van der Waals surface area contributed by atoms with Crippen LogP contribution in [0.2, 0.25) is 0 Å². The van der Waals surface area contributed by atoms with Crippen LogP contribution in [0.1, 0.15) is 0 Å². The van der Waals surface area contributed by atoms with Crippen molar-refractivity contribution in [1.29, 1.82) is 0 Å². The minimum atomic E-state index is 0.803. The normalized spacial score (nSPS) is 10.2. The second-order valence-corrected chi connectivity index (χ2v) is 2.52. The van der Waals surface area contributed by atoms with E-state index in [2.05, 4.69) is 4.98 Å². The number of hydrogen-bond acceptors (Lipinski definition) is 1. The van der Waals surface area contributed by atoms with Crippen LogP contribution in [-0.2, 0) is 0 Å². The molecule has 54 valence electrons. The van der Waals surface area contributed by atoms with Gasteiger partial charge >= 0.3 is 0 Å². The van der Waals surface area contributed by atoms with E-state index in [1.54, 1.807) is 0 Å². The molecule has 0 aliphatic carbocycles. The van der Waals surface area contributed by atoms with Crippen molar-refractivity contribution in [2.75, 3.05) is 5.73 Å². The zero-order valence-corrected chi connectivity index (χ0v) is 6.04. The summed E-state index contributed by atoms with van der Waals surface area (Å²) in [6.45, 7) is 0. The number of aromatic nitrogens is 1. The van der Waals surface area contributed by atoms with E-state index in [0.29, 0.717) is 0 Å². The second kappa shape index (κ2) is 2.23. The highest BCUT2D eigenvalue weighted by Gasteiger charge is 1.96. The van der Waals surface area contributed by atoms with Crippen molar-refractivity contribution >= 4 is 16.6 Å². The molecule has 0 saturated carbocycles. The summed E-state index contributed by atoms with van der Waals surface area (Å²) in [5.41, 5.74) is 7.53. The monoisotopic (exact) mass is 145 g/mol. The lowest BCUT2D eigenvalue weighted by molar-refractivity contribution is -0.344. The summed E-state index contributed by atoms with van der Waals surface area (Å²) in [7, 11) is 0. The van der Waals surface area contributed by atoms with Crippen molar-refractivity contribution in [3.63, 3.8) is 0 Å². The number of hydrogen-bond donors (Lipinski definition) is 1.